The third-order valence-corrected chi connectivity index (χ3v) is 3.27. The second kappa shape index (κ2) is 6.95. The van der Waals surface area contributed by atoms with Gasteiger partial charge in [-0.1, -0.05) is 30.0 Å². The highest BCUT2D eigenvalue weighted by molar-refractivity contribution is 5.41. The molecule has 2 rings (SSSR count). The predicted octanol–water partition coefficient (Wildman–Crippen LogP) is 1.91. The van der Waals surface area contributed by atoms with Crippen molar-refractivity contribution >= 4 is 0 Å². The summed E-state index contributed by atoms with van der Waals surface area (Å²) in [5, 5.41) is 17.5. The van der Waals surface area contributed by atoms with Crippen molar-refractivity contribution in [3.05, 3.63) is 35.4 Å². The zero-order valence-electron chi connectivity index (χ0n) is 11.0. The zero-order valence-corrected chi connectivity index (χ0v) is 11.0. The van der Waals surface area contributed by atoms with Crippen LogP contribution in [0.3, 0.4) is 0 Å². The van der Waals surface area contributed by atoms with E-state index in [1.54, 1.807) is 0 Å². The Bertz CT molecular complexity index is 518. The topological polar surface area (TPSA) is 47.3 Å². The van der Waals surface area contributed by atoms with Crippen molar-refractivity contribution in [1.29, 1.82) is 5.26 Å². The fourth-order valence-electron chi connectivity index (χ4n) is 2.16. The Morgan fingerprint density at radius 2 is 2.11 bits per heavy atom. The summed E-state index contributed by atoms with van der Waals surface area (Å²) in [6, 6.07) is 10.9. The average molecular weight is 254 g/mol. The molecule has 0 radical (unpaired) electrons. The maximum atomic E-state index is 8.79. The van der Waals surface area contributed by atoms with E-state index in [-0.39, 0.29) is 6.61 Å². The molecule has 19 heavy (non-hydrogen) atoms. The molecule has 0 aromatic heterocycles. The van der Waals surface area contributed by atoms with Crippen LogP contribution in [0.1, 0.15) is 30.4 Å². The van der Waals surface area contributed by atoms with E-state index < -0.39 is 0 Å². The Hall–Kier alpha value is -1.81. The molecule has 0 bridgehead atoms. The normalized spacial score (nSPS) is 13.7. The smallest absolute Gasteiger partial charge is 0.104 e. The molecule has 0 atom stereocenters. The van der Waals surface area contributed by atoms with Gasteiger partial charge in [-0.25, -0.2) is 0 Å². The highest BCUT2D eigenvalue weighted by Crippen LogP contribution is 2.28. The van der Waals surface area contributed by atoms with E-state index in [9.17, 15) is 0 Å². The SMILES string of the molecule is N#CCCN(Cc1ccccc1C#CCO)C1CC1. The molecule has 0 spiro atoms. The Morgan fingerprint density at radius 1 is 1.32 bits per heavy atom. The van der Waals surface area contributed by atoms with Gasteiger partial charge in [-0.3, -0.25) is 4.90 Å². The molecule has 3 nitrogen and oxygen atoms in total. The Kier molecular flexibility index (Phi) is 4.98. The molecule has 0 aliphatic heterocycles. The lowest BCUT2D eigenvalue weighted by molar-refractivity contribution is 0.260. The van der Waals surface area contributed by atoms with Gasteiger partial charge in [0, 0.05) is 31.1 Å². The minimum absolute atomic E-state index is 0.116. The van der Waals surface area contributed by atoms with Crippen molar-refractivity contribution in [2.24, 2.45) is 0 Å². The van der Waals surface area contributed by atoms with Crippen LogP contribution in [0.4, 0.5) is 0 Å². The summed E-state index contributed by atoms with van der Waals surface area (Å²) in [6.07, 6.45) is 3.03. The molecule has 0 unspecified atom stereocenters. The molecule has 1 fully saturated rings. The van der Waals surface area contributed by atoms with E-state index in [1.807, 2.05) is 18.2 Å². The molecule has 1 aromatic rings. The van der Waals surface area contributed by atoms with Crippen LogP contribution in [0.25, 0.3) is 0 Å². The molecule has 0 heterocycles. The molecular formula is C16H18N2O. The molecule has 0 amide bonds. The number of aliphatic hydroxyl groups excluding tert-OH is 1. The molecule has 1 aromatic carbocycles. The lowest BCUT2D eigenvalue weighted by Crippen LogP contribution is -2.26. The lowest BCUT2D eigenvalue weighted by Gasteiger charge is -2.21. The molecule has 1 saturated carbocycles. The minimum Gasteiger partial charge on any atom is -0.384 e. The van der Waals surface area contributed by atoms with Gasteiger partial charge in [-0.2, -0.15) is 5.26 Å². The number of benzene rings is 1. The van der Waals surface area contributed by atoms with Crippen LogP contribution in [0.5, 0.6) is 0 Å². The summed E-state index contributed by atoms with van der Waals surface area (Å²) in [4.78, 5) is 2.36. The van der Waals surface area contributed by atoms with Gasteiger partial charge < -0.3 is 5.11 Å². The molecule has 98 valence electrons. The summed E-state index contributed by atoms with van der Waals surface area (Å²) in [5.74, 6) is 5.69. The molecule has 3 heteroatoms. The van der Waals surface area contributed by atoms with Gasteiger partial charge in [0.1, 0.15) is 6.61 Å². The quantitative estimate of drug-likeness (QED) is 0.816. The van der Waals surface area contributed by atoms with Crippen LogP contribution >= 0.6 is 0 Å². The van der Waals surface area contributed by atoms with Crippen LogP contribution in [-0.4, -0.2) is 29.2 Å². The summed E-state index contributed by atoms with van der Waals surface area (Å²) in [7, 11) is 0. The largest absolute Gasteiger partial charge is 0.384 e. The highest BCUT2D eigenvalue weighted by atomic mass is 16.2. The predicted molar refractivity (Wildman–Crippen MR) is 74.1 cm³/mol. The van der Waals surface area contributed by atoms with E-state index in [1.165, 1.54) is 18.4 Å². The first-order valence-corrected chi connectivity index (χ1v) is 6.63. The van der Waals surface area contributed by atoms with E-state index in [4.69, 9.17) is 10.4 Å². The first-order valence-electron chi connectivity index (χ1n) is 6.63. The van der Waals surface area contributed by atoms with Crippen molar-refractivity contribution in [1.82, 2.24) is 4.90 Å². The standard InChI is InChI=1S/C16H18N2O/c17-10-4-11-18(16-8-9-16)13-15-6-2-1-5-14(15)7-3-12-19/h1-2,5-6,16,19H,4,8-9,11-13H2. The summed E-state index contributed by atoms with van der Waals surface area (Å²) in [6.45, 7) is 1.54. The van der Waals surface area contributed by atoms with E-state index in [0.717, 1.165) is 18.7 Å². The number of rotatable bonds is 5. The van der Waals surface area contributed by atoms with Crippen LogP contribution in [0, 0.1) is 23.2 Å². The Morgan fingerprint density at radius 3 is 2.79 bits per heavy atom. The summed E-state index contributed by atoms with van der Waals surface area (Å²) in [5.41, 5.74) is 2.15. The maximum Gasteiger partial charge on any atom is 0.104 e. The molecular weight excluding hydrogens is 236 g/mol. The van der Waals surface area contributed by atoms with Gasteiger partial charge in [0.2, 0.25) is 0 Å². The van der Waals surface area contributed by atoms with E-state index >= 15 is 0 Å². The van der Waals surface area contributed by atoms with Gasteiger partial charge in [0.05, 0.1) is 6.07 Å². The number of nitrogens with zero attached hydrogens (tertiary/aromatic N) is 2. The molecule has 1 aliphatic carbocycles. The minimum atomic E-state index is -0.116. The number of nitriles is 1. The van der Waals surface area contributed by atoms with Crippen LogP contribution in [0.2, 0.25) is 0 Å². The first kappa shape index (κ1) is 13.6. The van der Waals surface area contributed by atoms with Crippen molar-refractivity contribution in [3.63, 3.8) is 0 Å². The zero-order chi connectivity index (χ0) is 13.5. The number of hydrogen-bond acceptors (Lipinski definition) is 3. The number of hydrogen-bond donors (Lipinski definition) is 1. The van der Waals surface area contributed by atoms with Crippen LogP contribution in [-0.2, 0) is 6.54 Å². The monoisotopic (exact) mass is 254 g/mol. The highest BCUT2D eigenvalue weighted by Gasteiger charge is 2.28. The third kappa shape index (κ3) is 4.10. The Balaban J connectivity index is 2.10. The number of aliphatic hydroxyl groups is 1. The van der Waals surface area contributed by atoms with E-state index in [0.29, 0.717) is 12.5 Å². The van der Waals surface area contributed by atoms with Gasteiger partial charge in [-0.15, -0.1) is 0 Å². The average Bonchev–Trinajstić information content (AvgIpc) is 3.26. The lowest BCUT2D eigenvalue weighted by atomic mass is 10.1. The first-order chi connectivity index (χ1) is 9.35. The van der Waals surface area contributed by atoms with Crippen molar-refractivity contribution in [2.45, 2.75) is 31.8 Å². The van der Waals surface area contributed by atoms with E-state index in [2.05, 4.69) is 28.9 Å². The van der Waals surface area contributed by atoms with Crippen molar-refractivity contribution < 1.29 is 5.11 Å². The third-order valence-electron chi connectivity index (χ3n) is 3.27. The van der Waals surface area contributed by atoms with Gasteiger partial charge in [0.15, 0.2) is 0 Å². The van der Waals surface area contributed by atoms with Crippen molar-refractivity contribution in [3.8, 4) is 17.9 Å². The van der Waals surface area contributed by atoms with Gasteiger partial charge in [0.25, 0.3) is 0 Å². The maximum absolute atomic E-state index is 8.79. The second-order valence-electron chi connectivity index (χ2n) is 4.73. The van der Waals surface area contributed by atoms with Gasteiger partial charge in [-0.05, 0) is 24.5 Å². The molecule has 0 saturated heterocycles. The second-order valence-corrected chi connectivity index (χ2v) is 4.73. The van der Waals surface area contributed by atoms with Gasteiger partial charge >= 0.3 is 0 Å². The summed E-state index contributed by atoms with van der Waals surface area (Å²) < 4.78 is 0. The molecule has 1 aliphatic rings. The van der Waals surface area contributed by atoms with Crippen LogP contribution in [0.15, 0.2) is 24.3 Å². The molecule has 1 N–H and O–H groups in total. The fourth-order valence-corrected chi connectivity index (χ4v) is 2.16. The van der Waals surface area contributed by atoms with Crippen molar-refractivity contribution in [2.75, 3.05) is 13.2 Å². The van der Waals surface area contributed by atoms with Crippen LogP contribution < -0.4 is 0 Å². The summed E-state index contributed by atoms with van der Waals surface area (Å²) >= 11 is 0. The Labute approximate surface area is 114 Å². The fraction of sp³-hybridized carbons (Fsp3) is 0.438.